The third-order valence-corrected chi connectivity index (χ3v) is 4.49. The largest absolute Gasteiger partial charge is 0.452 e. The molecule has 1 fully saturated rings. The van der Waals surface area contributed by atoms with E-state index >= 15 is 0 Å². The van der Waals surface area contributed by atoms with Crippen LogP contribution in [0.2, 0.25) is 0 Å². The summed E-state index contributed by atoms with van der Waals surface area (Å²) >= 11 is 0. The summed E-state index contributed by atoms with van der Waals surface area (Å²) in [6.45, 7) is 1.70. The Kier molecular flexibility index (Phi) is 5.21. The number of nitrogens with zero attached hydrogens (tertiary/aromatic N) is 1. The molecule has 0 radical (unpaired) electrons. The van der Waals surface area contributed by atoms with Gasteiger partial charge in [0.1, 0.15) is 0 Å². The molecule has 0 aliphatic heterocycles. The van der Waals surface area contributed by atoms with Gasteiger partial charge in [-0.25, -0.2) is 4.79 Å². The zero-order valence-corrected chi connectivity index (χ0v) is 14.2. The number of aromatic nitrogens is 1. The lowest BCUT2D eigenvalue weighted by molar-refractivity contribution is -0.155. The Morgan fingerprint density at radius 3 is 2.80 bits per heavy atom. The zero-order chi connectivity index (χ0) is 17.8. The van der Waals surface area contributed by atoms with E-state index in [1.807, 2.05) is 0 Å². The van der Waals surface area contributed by atoms with Crippen molar-refractivity contribution in [1.82, 2.24) is 9.88 Å². The van der Waals surface area contributed by atoms with Crippen molar-refractivity contribution in [2.45, 2.75) is 57.7 Å². The van der Waals surface area contributed by atoms with Crippen molar-refractivity contribution in [1.29, 1.82) is 0 Å². The average molecular weight is 346 g/mol. The quantitative estimate of drug-likeness (QED) is 0.808. The number of esters is 1. The molecule has 25 heavy (non-hydrogen) atoms. The van der Waals surface area contributed by atoms with Gasteiger partial charge in [0, 0.05) is 12.6 Å². The Labute approximate surface area is 144 Å². The SMILES string of the molecule is CC(OC(=O)CCn1c(=O)oc2ccccc21)C(=O)NC1CCCC1. The van der Waals surface area contributed by atoms with Crippen molar-refractivity contribution in [3.63, 3.8) is 0 Å². The summed E-state index contributed by atoms with van der Waals surface area (Å²) in [5.41, 5.74) is 1.11. The number of carbonyl (C=O) groups excluding carboxylic acids is 2. The Morgan fingerprint density at radius 1 is 1.32 bits per heavy atom. The van der Waals surface area contributed by atoms with Gasteiger partial charge in [0.25, 0.3) is 5.91 Å². The molecule has 134 valence electrons. The van der Waals surface area contributed by atoms with Gasteiger partial charge in [0.2, 0.25) is 0 Å². The molecule has 1 unspecified atom stereocenters. The summed E-state index contributed by atoms with van der Waals surface area (Å²) < 4.78 is 11.7. The van der Waals surface area contributed by atoms with Crippen LogP contribution >= 0.6 is 0 Å². The first kappa shape index (κ1) is 17.3. The molecule has 1 amide bonds. The number of para-hydroxylation sites is 2. The predicted molar refractivity (Wildman–Crippen MR) is 91.0 cm³/mol. The fraction of sp³-hybridized carbons (Fsp3) is 0.500. The summed E-state index contributed by atoms with van der Waals surface area (Å²) in [5, 5.41) is 2.90. The molecule has 1 atom stereocenters. The first-order valence-corrected chi connectivity index (χ1v) is 8.63. The molecule has 1 aromatic heterocycles. The van der Waals surface area contributed by atoms with E-state index in [2.05, 4.69) is 5.32 Å². The van der Waals surface area contributed by atoms with Crippen molar-refractivity contribution in [2.24, 2.45) is 0 Å². The number of oxazole rings is 1. The van der Waals surface area contributed by atoms with Crippen LogP contribution in [0.25, 0.3) is 11.1 Å². The minimum atomic E-state index is -0.842. The number of rotatable bonds is 6. The number of fused-ring (bicyclic) bond motifs is 1. The number of amides is 1. The van der Waals surface area contributed by atoms with E-state index in [4.69, 9.17) is 9.15 Å². The maximum Gasteiger partial charge on any atom is 0.419 e. The van der Waals surface area contributed by atoms with E-state index in [0.717, 1.165) is 25.7 Å². The second-order valence-corrected chi connectivity index (χ2v) is 6.36. The fourth-order valence-corrected chi connectivity index (χ4v) is 3.13. The first-order valence-electron chi connectivity index (χ1n) is 8.63. The van der Waals surface area contributed by atoms with E-state index in [1.165, 1.54) is 4.57 Å². The third kappa shape index (κ3) is 4.10. The second kappa shape index (κ2) is 7.55. The second-order valence-electron chi connectivity index (χ2n) is 6.36. The normalized spacial score (nSPS) is 16.0. The molecule has 1 saturated carbocycles. The summed E-state index contributed by atoms with van der Waals surface area (Å²) in [4.78, 5) is 35.9. The topological polar surface area (TPSA) is 90.5 Å². The molecule has 1 aliphatic rings. The lowest BCUT2D eigenvalue weighted by Crippen LogP contribution is -2.41. The Balaban J connectivity index is 1.52. The molecule has 1 aliphatic carbocycles. The monoisotopic (exact) mass is 346 g/mol. The molecular weight excluding hydrogens is 324 g/mol. The number of carbonyl (C=O) groups is 2. The molecule has 1 heterocycles. The van der Waals surface area contributed by atoms with Gasteiger partial charge < -0.3 is 14.5 Å². The van der Waals surface area contributed by atoms with Crippen LogP contribution < -0.4 is 11.1 Å². The summed E-state index contributed by atoms with van der Waals surface area (Å²) in [6, 6.07) is 7.20. The zero-order valence-electron chi connectivity index (χ0n) is 14.2. The van der Waals surface area contributed by atoms with Gasteiger partial charge >= 0.3 is 11.7 Å². The molecule has 0 saturated heterocycles. The fourth-order valence-electron chi connectivity index (χ4n) is 3.13. The summed E-state index contributed by atoms with van der Waals surface area (Å²) in [7, 11) is 0. The van der Waals surface area contributed by atoms with Gasteiger partial charge in [0.15, 0.2) is 11.7 Å². The lowest BCUT2D eigenvalue weighted by Gasteiger charge is -2.17. The number of ether oxygens (including phenoxy) is 1. The van der Waals surface area contributed by atoms with Gasteiger partial charge in [-0.05, 0) is 31.9 Å². The third-order valence-electron chi connectivity index (χ3n) is 4.49. The average Bonchev–Trinajstić information content (AvgIpc) is 3.19. The van der Waals surface area contributed by atoms with Crippen molar-refractivity contribution in [3.8, 4) is 0 Å². The summed E-state index contributed by atoms with van der Waals surface area (Å²) in [6.07, 6.45) is 3.33. The highest BCUT2D eigenvalue weighted by atomic mass is 16.5. The van der Waals surface area contributed by atoms with Gasteiger partial charge in [-0.15, -0.1) is 0 Å². The number of hydrogen-bond donors (Lipinski definition) is 1. The van der Waals surface area contributed by atoms with Crippen LogP contribution in [0, 0.1) is 0 Å². The van der Waals surface area contributed by atoms with Crippen LogP contribution in [-0.4, -0.2) is 28.6 Å². The minimum absolute atomic E-state index is 0.00944. The minimum Gasteiger partial charge on any atom is -0.452 e. The van der Waals surface area contributed by atoms with E-state index in [0.29, 0.717) is 11.1 Å². The molecule has 1 aromatic carbocycles. The molecule has 3 rings (SSSR count). The van der Waals surface area contributed by atoms with Crippen LogP contribution in [0.3, 0.4) is 0 Å². The highest BCUT2D eigenvalue weighted by Gasteiger charge is 2.23. The number of aryl methyl sites for hydroxylation is 1. The van der Waals surface area contributed by atoms with Crippen LogP contribution in [-0.2, 0) is 20.9 Å². The number of hydrogen-bond acceptors (Lipinski definition) is 5. The maximum atomic E-state index is 12.0. The van der Waals surface area contributed by atoms with Crippen LogP contribution in [0.1, 0.15) is 39.0 Å². The van der Waals surface area contributed by atoms with Crippen LogP contribution in [0.4, 0.5) is 0 Å². The Hall–Kier alpha value is -2.57. The number of benzene rings is 1. The standard InChI is InChI=1S/C18H22N2O5/c1-12(17(22)19-13-6-2-3-7-13)24-16(21)10-11-20-14-8-4-5-9-15(14)25-18(20)23/h4-5,8-9,12-13H,2-3,6-7,10-11H2,1H3,(H,19,22). The van der Waals surface area contributed by atoms with Crippen molar-refractivity contribution in [2.75, 3.05) is 0 Å². The van der Waals surface area contributed by atoms with E-state index in [-0.39, 0.29) is 24.9 Å². The van der Waals surface area contributed by atoms with E-state index < -0.39 is 17.8 Å². The van der Waals surface area contributed by atoms with E-state index in [9.17, 15) is 14.4 Å². The van der Waals surface area contributed by atoms with Crippen molar-refractivity contribution in [3.05, 3.63) is 34.8 Å². The van der Waals surface area contributed by atoms with Crippen LogP contribution in [0.5, 0.6) is 0 Å². The van der Waals surface area contributed by atoms with Crippen molar-refractivity contribution < 1.29 is 18.7 Å². The van der Waals surface area contributed by atoms with Crippen LogP contribution in [0.15, 0.2) is 33.5 Å². The lowest BCUT2D eigenvalue weighted by atomic mass is 10.2. The predicted octanol–water partition coefficient (Wildman–Crippen LogP) is 1.98. The molecule has 7 nitrogen and oxygen atoms in total. The smallest absolute Gasteiger partial charge is 0.419 e. The first-order chi connectivity index (χ1) is 12.0. The van der Waals surface area contributed by atoms with E-state index in [1.54, 1.807) is 31.2 Å². The molecule has 1 N–H and O–H groups in total. The van der Waals surface area contributed by atoms with Crippen molar-refractivity contribution >= 4 is 23.0 Å². The maximum absolute atomic E-state index is 12.0. The highest BCUT2D eigenvalue weighted by molar-refractivity contribution is 5.83. The molecule has 0 spiro atoms. The Morgan fingerprint density at radius 2 is 2.04 bits per heavy atom. The van der Waals surface area contributed by atoms with Gasteiger partial charge in [-0.1, -0.05) is 25.0 Å². The molecular formula is C18H22N2O5. The molecule has 0 bridgehead atoms. The van der Waals surface area contributed by atoms with Gasteiger partial charge in [-0.2, -0.15) is 0 Å². The molecule has 7 heteroatoms. The molecule has 2 aromatic rings. The van der Waals surface area contributed by atoms with Gasteiger partial charge in [0.05, 0.1) is 11.9 Å². The summed E-state index contributed by atoms with van der Waals surface area (Å²) in [5.74, 6) is -1.31. The highest BCUT2D eigenvalue weighted by Crippen LogP contribution is 2.18. The van der Waals surface area contributed by atoms with Gasteiger partial charge in [-0.3, -0.25) is 14.2 Å². The number of nitrogens with one attached hydrogen (secondary N) is 1. The Bertz CT molecular complexity index is 816.